The maximum absolute atomic E-state index is 12.6. The van der Waals surface area contributed by atoms with Crippen molar-refractivity contribution in [2.24, 2.45) is 0 Å². The zero-order valence-corrected chi connectivity index (χ0v) is 16.8. The summed E-state index contributed by atoms with van der Waals surface area (Å²) in [6.45, 7) is 5.76. The molecule has 1 amide bonds. The molecule has 0 spiro atoms. The second-order valence-corrected chi connectivity index (χ2v) is 7.72. The first-order chi connectivity index (χ1) is 14.1. The van der Waals surface area contributed by atoms with Gasteiger partial charge in [-0.3, -0.25) is 14.8 Å². The Morgan fingerprint density at radius 2 is 1.62 bits per heavy atom. The van der Waals surface area contributed by atoms with Crippen LogP contribution in [0.3, 0.4) is 0 Å². The first-order valence-electron chi connectivity index (χ1n) is 10.1. The summed E-state index contributed by atoms with van der Waals surface area (Å²) in [7, 11) is 0. The molecule has 0 aliphatic carbocycles. The van der Waals surface area contributed by atoms with E-state index in [9.17, 15) is 4.79 Å². The monoisotopic (exact) mass is 387 g/mol. The molecule has 0 unspecified atom stereocenters. The van der Waals surface area contributed by atoms with Crippen LogP contribution in [0.25, 0.3) is 11.1 Å². The largest absolute Gasteiger partial charge is 0.339 e. The van der Waals surface area contributed by atoms with Crippen molar-refractivity contribution in [1.29, 1.82) is 0 Å². The van der Waals surface area contributed by atoms with Gasteiger partial charge in [0.25, 0.3) is 5.91 Å². The number of hydrogen-bond acceptors (Lipinski definition) is 5. The van der Waals surface area contributed by atoms with Gasteiger partial charge in [-0.2, -0.15) is 0 Å². The molecule has 1 saturated heterocycles. The van der Waals surface area contributed by atoms with Gasteiger partial charge in [-0.1, -0.05) is 13.8 Å². The van der Waals surface area contributed by atoms with Gasteiger partial charge in [-0.15, -0.1) is 0 Å². The Balaban J connectivity index is 1.50. The zero-order valence-electron chi connectivity index (χ0n) is 16.8. The fraction of sp³-hybridized carbons (Fsp3) is 0.348. The number of amides is 1. The Kier molecular flexibility index (Phi) is 5.60. The highest BCUT2D eigenvalue weighted by Crippen LogP contribution is 2.31. The van der Waals surface area contributed by atoms with Crippen molar-refractivity contribution in [2.75, 3.05) is 13.1 Å². The summed E-state index contributed by atoms with van der Waals surface area (Å²) in [6, 6.07) is 7.52. The van der Waals surface area contributed by atoms with Crippen LogP contribution >= 0.6 is 0 Å². The molecule has 0 N–H and O–H groups in total. The number of carbonyl (C=O) groups excluding carboxylic acids is 1. The molecular weight excluding hydrogens is 362 g/mol. The van der Waals surface area contributed by atoms with Crippen molar-refractivity contribution in [3.05, 3.63) is 72.3 Å². The van der Waals surface area contributed by atoms with E-state index in [4.69, 9.17) is 9.97 Å². The number of rotatable bonds is 4. The highest BCUT2D eigenvalue weighted by atomic mass is 16.2. The number of likely N-dealkylation sites (tertiary alicyclic amines) is 1. The molecule has 4 rings (SSSR count). The molecular formula is C23H25N5O. The molecule has 29 heavy (non-hydrogen) atoms. The molecule has 6 heteroatoms. The van der Waals surface area contributed by atoms with Crippen molar-refractivity contribution >= 4 is 5.91 Å². The molecule has 0 aromatic carbocycles. The summed E-state index contributed by atoms with van der Waals surface area (Å²) >= 11 is 0. The summed E-state index contributed by atoms with van der Waals surface area (Å²) in [4.78, 5) is 32.3. The van der Waals surface area contributed by atoms with Gasteiger partial charge in [-0.25, -0.2) is 9.97 Å². The van der Waals surface area contributed by atoms with E-state index in [1.54, 1.807) is 36.9 Å². The van der Waals surface area contributed by atoms with Crippen LogP contribution in [0.4, 0.5) is 0 Å². The van der Waals surface area contributed by atoms with Gasteiger partial charge in [0.2, 0.25) is 0 Å². The van der Waals surface area contributed by atoms with Crippen LogP contribution in [0, 0.1) is 0 Å². The van der Waals surface area contributed by atoms with Crippen molar-refractivity contribution in [1.82, 2.24) is 24.8 Å². The third-order valence-corrected chi connectivity index (χ3v) is 5.45. The summed E-state index contributed by atoms with van der Waals surface area (Å²) in [6.07, 6.45) is 10.6. The van der Waals surface area contributed by atoms with E-state index in [2.05, 4.69) is 23.8 Å². The first kappa shape index (κ1) is 19.2. The summed E-state index contributed by atoms with van der Waals surface area (Å²) < 4.78 is 0. The second-order valence-electron chi connectivity index (χ2n) is 7.72. The van der Waals surface area contributed by atoms with E-state index in [1.807, 2.05) is 23.2 Å². The Morgan fingerprint density at radius 1 is 1.00 bits per heavy atom. The van der Waals surface area contributed by atoms with Gasteiger partial charge in [0, 0.05) is 61.1 Å². The molecule has 1 fully saturated rings. The summed E-state index contributed by atoms with van der Waals surface area (Å²) in [5, 5.41) is 0. The third-order valence-electron chi connectivity index (χ3n) is 5.45. The SMILES string of the molecule is CC(C)c1nc(C2CCN(C(=O)c3ccncc3)CC2)ncc1-c1ccncc1. The lowest BCUT2D eigenvalue weighted by Crippen LogP contribution is -2.38. The Morgan fingerprint density at radius 3 is 2.24 bits per heavy atom. The molecule has 1 aliphatic heterocycles. The smallest absolute Gasteiger partial charge is 0.253 e. The molecule has 6 nitrogen and oxygen atoms in total. The quantitative estimate of drug-likeness (QED) is 0.675. The van der Waals surface area contributed by atoms with Crippen LogP contribution in [0.15, 0.2) is 55.2 Å². The van der Waals surface area contributed by atoms with Gasteiger partial charge in [0.05, 0.1) is 5.69 Å². The average molecular weight is 387 g/mol. The van der Waals surface area contributed by atoms with Crippen molar-refractivity contribution in [3.63, 3.8) is 0 Å². The topological polar surface area (TPSA) is 71.9 Å². The van der Waals surface area contributed by atoms with Crippen LogP contribution < -0.4 is 0 Å². The van der Waals surface area contributed by atoms with E-state index >= 15 is 0 Å². The van der Waals surface area contributed by atoms with E-state index in [0.717, 1.165) is 48.6 Å². The van der Waals surface area contributed by atoms with Gasteiger partial charge in [0.1, 0.15) is 5.82 Å². The fourth-order valence-corrected chi connectivity index (χ4v) is 3.82. The number of pyridine rings is 2. The number of hydrogen-bond donors (Lipinski definition) is 0. The third kappa shape index (κ3) is 4.16. The van der Waals surface area contributed by atoms with Crippen LogP contribution in [0.5, 0.6) is 0 Å². The van der Waals surface area contributed by atoms with E-state index < -0.39 is 0 Å². The highest BCUT2D eigenvalue weighted by Gasteiger charge is 2.27. The van der Waals surface area contributed by atoms with E-state index in [-0.39, 0.29) is 11.8 Å². The predicted molar refractivity (Wildman–Crippen MR) is 111 cm³/mol. The number of piperidine rings is 1. The van der Waals surface area contributed by atoms with Crippen LogP contribution in [-0.2, 0) is 0 Å². The van der Waals surface area contributed by atoms with Crippen LogP contribution in [0.2, 0.25) is 0 Å². The number of aromatic nitrogens is 4. The molecule has 0 saturated carbocycles. The lowest BCUT2D eigenvalue weighted by molar-refractivity contribution is 0.0711. The Labute approximate surface area is 171 Å². The van der Waals surface area contributed by atoms with Gasteiger partial charge < -0.3 is 4.90 Å². The summed E-state index contributed by atoms with van der Waals surface area (Å²) in [5.41, 5.74) is 3.92. The van der Waals surface area contributed by atoms with E-state index in [1.165, 1.54) is 0 Å². The second kappa shape index (κ2) is 8.47. The lowest BCUT2D eigenvalue weighted by atomic mass is 9.94. The maximum atomic E-state index is 12.6. The lowest BCUT2D eigenvalue weighted by Gasteiger charge is -2.31. The van der Waals surface area contributed by atoms with Gasteiger partial charge in [0.15, 0.2) is 0 Å². The average Bonchev–Trinajstić information content (AvgIpc) is 2.79. The minimum absolute atomic E-state index is 0.0719. The molecule has 3 aromatic heterocycles. The fourth-order valence-electron chi connectivity index (χ4n) is 3.82. The number of carbonyl (C=O) groups is 1. The first-order valence-corrected chi connectivity index (χ1v) is 10.1. The molecule has 3 aromatic rings. The summed E-state index contributed by atoms with van der Waals surface area (Å²) in [5.74, 6) is 1.54. The van der Waals surface area contributed by atoms with Crippen LogP contribution in [0.1, 0.15) is 60.4 Å². The van der Waals surface area contributed by atoms with Crippen molar-refractivity contribution < 1.29 is 4.79 Å². The standard InChI is InChI=1S/C23H25N5O/c1-16(2)21-20(17-3-9-24-10-4-17)15-26-22(27-21)18-7-13-28(14-8-18)23(29)19-5-11-25-12-6-19/h3-6,9-12,15-16,18H,7-8,13-14H2,1-2H3. The normalized spacial score (nSPS) is 14.9. The van der Waals surface area contributed by atoms with Crippen molar-refractivity contribution in [2.45, 2.75) is 38.5 Å². The zero-order chi connectivity index (χ0) is 20.2. The molecule has 1 aliphatic rings. The minimum Gasteiger partial charge on any atom is -0.339 e. The predicted octanol–water partition coefficient (Wildman–Crippen LogP) is 4.08. The van der Waals surface area contributed by atoms with Gasteiger partial charge >= 0.3 is 0 Å². The molecule has 4 heterocycles. The minimum atomic E-state index is 0.0719. The Bertz CT molecular complexity index is 967. The number of nitrogens with zero attached hydrogens (tertiary/aromatic N) is 5. The van der Waals surface area contributed by atoms with E-state index in [0.29, 0.717) is 11.5 Å². The van der Waals surface area contributed by atoms with Gasteiger partial charge in [-0.05, 0) is 48.6 Å². The maximum Gasteiger partial charge on any atom is 0.253 e. The molecule has 0 atom stereocenters. The Hall–Kier alpha value is -3.15. The van der Waals surface area contributed by atoms with Crippen molar-refractivity contribution in [3.8, 4) is 11.1 Å². The molecule has 0 bridgehead atoms. The van der Waals surface area contributed by atoms with Crippen LogP contribution in [-0.4, -0.2) is 43.8 Å². The molecule has 0 radical (unpaired) electrons. The molecule has 148 valence electrons. The highest BCUT2D eigenvalue weighted by molar-refractivity contribution is 5.94.